The quantitative estimate of drug-likeness (QED) is 0.871. The molecule has 1 heterocycles. The number of halogens is 1. The smallest absolute Gasteiger partial charge is 0.359 e. The lowest BCUT2D eigenvalue weighted by Crippen LogP contribution is -2.06. The molecule has 100 valence electrons. The van der Waals surface area contributed by atoms with Gasteiger partial charge in [-0.15, -0.1) is 0 Å². The summed E-state index contributed by atoms with van der Waals surface area (Å²) < 4.78 is 5.67. The summed E-state index contributed by atoms with van der Waals surface area (Å²) in [5.41, 5.74) is 5.92. The molecular formula is C12H11ClN2O2S2. The topological polar surface area (TPSA) is 65.2 Å². The molecule has 0 saturated carbocycles. The molecule has 0 aliphatic heterocycles. The highest BCUT2D eigenvalue weighted by Gasteiger charge is 2.19. The molecule has 0 aliphatic carbocycles. The van der Waals surface area contributed by atoms with Crippen molar-refractivity contribution in [1.29, 1.82) is 0 Å². The largest absolute Gasteiger partial charge is 0.461 e. The van der Waals surface area contributed by atoms with Gasteiger partial charge in [-0.25, -0.2) is 9.78 Å². The van der Waals surface area contributed by atoms with Crippen LogP contribution in [0.5, 0.6) is 0 Å². The molecule has 2 N–H and O–H groups in total. The number of carbonyl (C=O) groups excluding carboxylic acids is 1. The fraction of sp³-hybridized carbons (Fsp3) is 0.167. The van der Waals surface area contributed by atoms with Crippen molar-refractivity contribution in [2.75, 3.05) is 12.3 Å². The Hall–Kier alpha value is -1.24. The molecule has 0 aliphatic rings. The van der Waals surface area contributed by atoms with Crippen molar-refractivity contribution in [1.82, 2.24) is 4.98 Å². The van der Waals surface area contributed by atoms with Gasteiger partial charge in [0.15, 0.2) is 10.8 Å². The van der Waals surface area contributed by atoms with Crippen LogP contribution in [-0.4, -0.2) is 17.6 Å². The Balaban J connectivity index is 2.24. The lowest BCUT2D eigenvalue weighted by atomic mass is 10.4. The maximum atomic E-state index is 11.8. The first-order valence-electron chi connectivity index (χ1n) is 5.47. The lowest BCUT2D eigenvalue weighted by Gasteiger charge is -2.02. The summed E-state index contributed by atoms with van der Waals surface area (Å²) in [6.07, 6.45) is 0. The van der Waals surface area contributed by atoms with E-state index in [2.05, 4.69) is 4.98 Å². The molecular weight excluding hydrogens is 304 g/mol. The first-order valence-corrected chi connectivity index (χ1v) is 7.48. The van der Waals surface area contributed by atoms with Gasteiger partial charge in [0, 0.05) is 9.92 Å². The second-order valence-electron chi connectivity index (χ2n) is 3.46. The molecule has 0 atom stereocenters. The molecule has 4 nitrogen and oxygen atoms in total. The summed E-state index contributed by atoms with van der Waals surface area (Å²) in [6, 6.07) is 7.33. The number of anilines is 1. The highest BCUT2D eigenvalue weighted by molar-refractivity contribution is 8.01. The third-order valence-electron chi connectivity index (χ3n) is 2.11. The fourth-order valence-corrected chi connectivity index (χ4v) is 3.43. The number of carbonyl (C=O) groups is 1. The van der Waals surface area contributed by atoms with E-state index < -0.39 is 5.97 Å². The van der Waals surface area contributed by atoms with Crippen LogP contribution >= 0.6 is 34.7 Å². The van der Waals surface area contributed by atoms with Crippen molar-refractivity contribution in [2.45, 2.75) is 16.0 Å². The fourth-order valence-electron chi connectivity index (χ4n) is 1.33. The van der Waals surface area contributed by atoms with E-state index in [9.17, 15) is 4.79 Å². The number of nitrogen functional groups attached to an aromatic ring is 1. The maximum absolute atomic E-state index is 11.8. The predicted molar refractivity (Wildman–Crippen MR) is 78.1 cm³/mol. The summed E-state index contributed by atoms with van der Waals surface area (Å²) in [5.74, 6) is -0.452. The Morgan fingerprint density at radius 1 is 1.47 bits per heavy atom. The van der Waals surface area contributed by atoms with Gasteiger partial charge in [0.2, 0.25) is 0 Å². The van der Waals surface area contributed by atoms with Crippen molar-refractivity contribution >= 4 is 45.8 Å². The van der Waals surface area contributed by atoms with Gasteiger partial charge in [0.05, 0.1) is 6.61 Å². The van der Waals surface area contributed by atoms with Crippen LogP contribution in [0.4, 0.5) is 5.13 Å². The van der Waals surface area contributed by atoms with Crippen LogP contribution in [-0.2, 0) is 4.74 Å². The van der Waals surface area contributed by atoms with Gasteiger partial charge in [-0.05, 0) is 31.2 Å². The third kappa shape index (κ3) is 3.62. The van der Waals surface area contributed by atoms with Gasteiger partial charge in [-0.1, -0.05) is 34.7 Å². The zero-order valence-corrected chi connectivity index (χ0v) is 12.4. The Morgan fingerprint density at radius 2 is 2.16 bits per heavy atom. The first-order chi connectivity index (χ1) is 9.10. The van der Waals surface area contributed by atoms with E-state index in [0.717, 1.165) is 9.10 Å². The Labute approximate surface area is 123 Å². The van der Waals surface area contributed by atoms with Gasteiger partial charge >= 0.3 is 5.97 Å². The summed E-state index contributed by atoms with van der Waals surface area (Å²) in [4.78, 5) is 16.7. The summed E-state index contributed by atoms with van der Waals surface area (Å²) in [6.45, 7) is 2.06. The van der Waals surface area contributed by atoms with Gasteiger partial charge in [0.1, 0.15) is 4.21 Å². The van der Waals surface area contributed by atoms with Crippen molar-refractivity contribution < 1.29 is 9.53 Å². The number of thiazole rings is 1. The van der Waals surface area contributed by atoms with Crippen LogP contribution in [0.3, 0.4) is 0 Å². The number of hydrogen-bond donors (Lipinski definition) is 1. The van der Waals surface area contributed by atoms with Gasteiger partial charge in [0.25, 0.3) is 0 Å². The van der Waals surface area contributed by atoms with E-state index in [-0.39, 0.29) is 5.69 Å². The molecule has 1 aromatic heterocycles. The number of rotatable bonds is 4. The number of ether oxygens (including phenoxy) is 1. The zero-order valence-electron chi connectivity index (χ0n) is 10.1. The molecule has 0 saturated heterocycles. The molecule has 0 fully saturated rings. The molecule has 0 unspecified atom stereocenters. The van der Waals surface area contributed by atoms with E-state index in [1.807, 2.05) is 12.1 Å². The standard InChI is InChI=1S/C12H11ClN2O2S2/c1-2-17-10(16)9-11(19-12(14)15-9)18-8-5-3-7(13)4-6-8/h3-6H,2H2,1H3,(H2,14,15). The number of nitrogens with zero attached hydrogens (tertiary/aromatic N) is 1. The highest BCUT2D eigenvalue weighted by atomic mass is 35.5. The molecule has 0 bridgehead atoms. The van der Waals surface area contributed by atoms with Crippen molar-refractivity contribution in [2.24, 2.45) is 0 Å². The monoisotopic (exact) mass is 314 g/mol. The predicted octanol–water partition coefficient (Wildman–Crippen LogP) is 3.71. The maximum Gasteiger partial charge on any atom is 0.359 e. The molecule has 19 heavy (non-hydrogen) atoms. The van der Waals surface area contributed by atoms with Crippen LogP contribution in [0.2, 0.25) is 5.02 Å². The van der Waals surface area contributed by atoms with Gasteiger partial charge in [-0.2, -0.15) is 0 Å². The molecule has 0 amide bonds. The van der Waals surface area contributed by atoms with Gasteiger partial charge in [-0.3, -0.25) is 0 Å². The summed E-state index contributed by atoms with van der Waals surface area (Å²) >= 11 is 8.51. The molecule has 2 aromatic rings. The van der Waals surface area contributed by atoms with E-state index >= 15 is 0 Å². The summed E-state index contributed by atoms with van der Waals surface area (Å²) in [7, 11) is 0. The van der Waals surface area contributed by atoms with Crippen molar-refractivity contribution in [3.05, 3.63) is 35.0 Å². The second kappa shape index (κ2) is 6.27. The third-order valence-corrected chi connectivity index (χ3v) is 4.42. The average Bonchev–Trinajstić information content (AvgIpc) is 2.74. The molecule has 2 rings (SSSR count). The normalized spacial score (nSPS) is 10.4. The minimum atomic E-state index is -0.452. The average molecular weight is 315 g/mol. The first kappa shape index (κ1) is 14.2. The van der Waals surface area contributed by atoms with Crippen LogP contribution in [0.15, 0.2) is 33.4 Å². The lowest BCUT2D eigenvalue weighted by molar-refractivity contribution is 0.0516. The van der Waals surface area contributed by atoms with Crippen LogP contribution in [0.1, 0.15) is 17.4 Å². The van der Waals surface area contributed by atoms with E-state index in [4.69, 9.17) is 22.1 Å². The molecule has 0 spiro atoms. The molecule has 7 heteroatoms. The highest BCUT2D eigenvalue weighted by Crippen LogP contribution is 2.36. The van der Waals surface area contributed by atoms with Crippen LogP contribution < -0.4 is 5.73 Å². The molecule has 0 radical (unpaired) electrons. The van der Waals surface area contributed by atoms with Crippen LogP contribution in [0, 0.1) is 0 Å². The van der Waals surface area contributed by atoms with E-state index in [1.165, 1.54) is 23.1 Å². The summed E-state index contributed by atoms with van der Waals surface area (Å²) in [5, 5.41) is 1.01. The minimum absolute atomic E-state index is 0.268. The van der Waals surface area contributed by atoms with Crippen LogP contribution in [0.25, 0.3) is 0 Å². The minimum Gasteiger partial charge on any atom is -0.461 e. The SMILES string of the molecule is CCOC(=O)c1nc(N)sc1Sc1ccc(Cl)cc1. The van der Waals surface area contributed by atoms with E-state index in [0.29, 0.717) is 16.8 Å². The zero-order chi connectivity index (χ0) is 13.8. The molecule has 1 aromatic carbocycles. The second-order valence-corrected chi connectivity index (χ2v) is 6.27. The Kier molecular flexibility index (Phi) is 4.68. The number of esters is 1. The number of benzene rings is 1. The van der Waals surface area contributed by atoms with Crippen molar-refractivity contribution in [3.63, 3.8) is 0 Å². The van der Waals surface area contributed by atoms with Crippen molar-refractivity contribution in [3.8, 4) is 0 Å². The Bertz CT molecular complexity index is 584. The Morgan fingerprint density at radius 3 is 2.79 bits per heavy atom. The van der Waals surface area contributed by atoms with E-state index in [1.54, 1.807) is 19.1 Å². The number of aromatic nitrogens is 1. The van der Waals surface area contributed by atoms with Gasteiger partial charge < -0.3 is 10.5 Å². The number of nitrogens with two attached hydrogens (primary N) is 1. The number of hydrogen-bond acceptors (Lipinski definition) is 6.